The molecular formula is C11H16ClN3O. The Morgan fingerprint density at radius 3 is 2.62 bits per heavy atom. The normalized spacial score (nSPS) is 12.1. The fourth-order valence-electron chi connectivity index (χ4n) is 1.32. The molecule has 88 valence electrons. The van der Waals surface area contributed by atoms with Crippen LogP contribution in [0.3, 0.4) is 0 Å². The molecule has 3 N–H and O–H groups in total. The first-order valence-corrected chi connectivity index (χ1v) is 5.33. The molecule has 0 saturated carbocycles. The summed E-state index contributed by atoms with van der Waals surface area (Å²) in [6.45, 7) is 1.63. The quantitative estimate of drug-likeness (QED) is 0.847. The number of carbonyl (C=O) groups excluding carboxylic acids is 1. The summed E-state index contributed by atoms with van der Waals surface area (Å²) in [7, 11) is 3.73. The zero-order valence-corrected chi connectivity index (χ0v) is 10.4. The van der Waals surface area contributed by atoms with Crippen LogP contribution in [0.25, 0.3) is 0 Å². The summed E-state index contributed by atoms with van der Waals surface area (Å²) in [5.74, 6) is -0.231. The van der Waals surface area contributed by atoms with Crippen LogP contribution in [0, 0.1) is 0 Å². The van der Waals surface area contributed by atoms with E-state index in [9.17, 15) is 4.79 Å². The summed E-state index contributed by atoms with van der Waals surface area (Å²) in [6, 6.07) is 4.81. The zero-order chi connectivity index (χ0) is 12.3. The van der Waals surface area contributed by atoms with E-state index in [0.29, 0.717) is 10.7 Å². The second-order valence-corrected chi connectivity index (χ2v) is 4.22. The van der Waals surface area contributed by atoms with Crippen LogP contribution in [-0.4, -0.2) is 26.0 Å². The lowest BCUT2D eigenvalue weighted by atomic mass is 10.2. The van der Waals surface area contributed by atoms with Gasteiger partial charge in [0.15, 0.2) is 0 Å². The van der Waals surface area contributed by atoms with Crippen molar-refractivity contribution in [2.45, 2.75) is 13.0 Å². The van der Waals surface area contributed by atoms with Gasteiger partial charge in [-0.05, 0) is 19.1 Å². The average Bonchev–Trinajstić information content (AvgIpc) is 2.16. The second kappa shape index (κ2) is 5.18. The molecule has 1 aromatic carbocycles. The van der Waals surface area contributed by atoms with Crippen molar-refractivity contribution in [1.29, 1.82) is 0 Å². The molecule has 16 heavy (non-hydrogen) atoms. The molecule has 0 spiro atoms. The summed E-state index contributed by atoms with van der Waals surface area (Å²) in [6.07, 6.45) is 0. The maximum atomic E-state index is 11.5. The van der Waals surface area contributed by atoms with Gasteiger partial charge in [-0.15, -0.1) is 0 Å². The maximum absolute atomic E-state index is 11.5. The third-order valence-electron chi connectivity index (χ3n) is 2.11. The molecule has 1 atom stereocenters. The first kappa shape index (κ1) is 12.8. The van der Waals surface area contributed by atoms with Gasteiger partial charge in [0.05, 0.1) is 22.4 Å². The fraction of sp³-hybridized carbons (Fsp3) is 0.364. The van der Waals surface area contributed by atoms with Crippen molar-refractivity contribution in [3.05, 3.63) is 23.2 Å². The van der Waals surface area contributed by atoms with E-state index < -0.39 is 6.04 Å². The highest BCUT2D eigenvalue weighted by Crippen LogP contribution is 2.32. The van der Waals surface area contributed by atoms with Crippen molar-refractivity contribution < 1.29 is 4.79 Å². The number of halogens is 1. The number of para-hydroxylation sites is 1. The van der Waals surface area contributed by atoms with Gasteiger partial charge in [0, 0.05) is 14.1 Å². The van der Waals surface area contributed by atoms with Crippen LogP contribution >= 0.6 is 11.6 Å². The number of amides is 1. The molecular weight excluding hydrogens is 226 g/mol. The van der Waals surface area contributed by atoms with E-state index in [1.807, 2.05) is 19.0 Å². The van der Waals surface area contributed by atoms with Crippen LogP contribution in [-0.2, 0) is 4.79 Å². The molecule has 0 bridgehead atoms. The van der Waals surface area contributed by atoms with Gasteiger partial charge < -0.3 is 16.0 Å². The van der Waals surface area contributed by atoms with Crippen molar-refractivity contribution in [2.24, 2.45) is 5.73 Å². The van der Waals surface area contributed by atoms with Gasteiger partial charge in [0.2, 0.25) is 5.91 Å². The maximum Gasteiger partial charge on any atom is 0.241 e. The summed E-state index contributed by atoms with van der Waals surface area (Å²) in [5.41, 5.74) is 6.93. The van der Waals surface area contributed by atoms with E-state index in [2.05, 4.69) is 5.32 Å². The van der Waals surface area contributed by atoms with Gasteiger partial charge in [0.1, 0.15) is 0 Å². The summed E-state index contributed by atoms with van der Waals surface area (Å²) < 4.78 is 0. The number of hydrogen-bond donors (Lipinski definition) is 2. The van der Waals surface area contributed by atoms with E-state index in [0.717, 1.165) is 5.69 Å². The van der Waals surface area contributed by atoms with Crippen molar-refractivity contribution in [2.75, 3.05) is 24.3 Å². The van der Waals surface area contributed by atoms with Crippen LogP contribution in [0.15, 0.2) is 18.2 Å². The minimum atomic E-state index is -0.547. The SMILES string of the molecule is C[C@H](N)C(=O)Nc1cccc(Cl)c1N(C)C. The summed E-state index contributed by atoms with van der Waals surface area (Å²) in [5, 5.41) is 3.33. The van der Waals surface area contributed by atoms with Gasteiger partial charge in [-0.25, -0.2) is 0 Å². The minimum Gasteiger partial charge on any atom is -0.375 e. The Bertz CT molecular complexity index is 391. The highest BCUT2D eigenvalue weighted by molar-refractivity contribution is 6.34. The summed E-state index contributed by atoms with van der Waals surface area (Å²) in [4.78, 5) is 13.3. The Labute approximate surface area is 100 Å². The average molecular weight is 242 g/mol. The number of carbonyl (C=O) groups is 1. The molecule has 0 saturated heterocycles. The van der Waals surface area contributed by atoms with Gasteiger partial charge in [-0.1, -0.05) is 17.7 Å². The van der Waals surface area contributed by atoms with E-state index >= 15 is 0 Å². The number of anilines is 2. The number of nitrogens with one attached hydrogen (secondary N) is 1. The molecule has 0 aliphatic carbocycles. The number of benzene rings is 1. The summed E-state index contributed by atoms with van der Waals surface area (Å²) >= 11 is 6.06. The monoisotopic (exact) mass is 241 g/mol. The van der Waals surface area contributed by atoms with E-state index in [-0.39, 0.29) is 5.91 Å². The van der Waals surface area contributed by atoms with Crippen LogP contribution in [0.1, 0.15) is 6.92 Å². The van der Waals surface area contributed by atoms with Crippen LogP contribution in [0.4, 0.5) is 11.4 Å². The number of nitrogens with zero attached hydrogens (tertiary/aromatic N) is 1. The number of nitrogens with two attached hydrogens (primary N) is 1. The lowest BCUT2D eigenvalue weighted by Crippen LogP contribution is -2.33. The Kier molecular flexibility index (Phi) is 4.15. The molecule has 4 nitrogen and oxygen atoms in total. The Morgan fingerprint density at radius 1 is 1.50 bits per heavy atom. The molecule has 1 aromatic rings. The third kappa shape index (κ3) is 2.87. The third-order valence-corrected chi connectivity index (χ3v) is 2.41. The molecule has 0 aliphatic rings. The van der Waals surface area contributed by atoms with Crippen LogP contribution in [0.2, 0.25) is 5.02 Å². The number of rotatable bonds is 3. The van der Waals surface area contributed by atoms with Gasteiger partial charge in [0.25, 0.3) is 0 Å². The van der Waals surface area contributed by atoms with Crippen molar-refractivity contribution in [3.63, 3.8) is 0 Å². The van der Waals surface area contributed by atoms with E-state index in [1.165, 1.54) is 0 Å². The highest BCUT2D eigenvalue weighted by atomic mass is 35.5. The largest absolute Gasteiger partial charge is 0.375 e. The Morgan fingerprint density at radius 2 is 2.12 bits per heavy atom. The minimum absolute atomic E-state index is 0.231. The van der Waals surface area contributed by atoms with Crippen LogP contribution < -0.4 is 16.0 Å². The van der Waals surface area contributed by atoms with Gasteiger partial charge >= 0.3 is 0 Å². The molecule has 1 amide bonds. The Balaban J connectivity index is 3.04. The van der Waals surface area contributed by atoms with Gasteiger partial charge in [-0.2, -0.15) is 0 Å². The van der Waals surface area contributed by atoms with Crippen molar-refractivity contribution in [3.8, 4) is 0 Å². The van der Waals surface area contributed by atoms with E-state index in [4.69, 9.17) is 17.3 Å². The van der Waals surface area contributed by atoms with Gasteiger partial charge in [-0.3, -0.25) is 4.79 Å². The molecule has 1 rings (SSSR count). The van der Waals surface area contributed by atoms with E-state index in [1.54, 1.807) is 25.1 Å². The molecule has 0 fully saturated rings. The van der Waals surface area contributed by atoms with Crippen LogP contribution in [0.5, 0.6) is 0 Å². The highest BCUT2D eigenvalue weighted by Gasteiger charge is 2.13. The standard InChI is InChI=1S/C11H16ClN3O/c1-7(13)11(16)14-9-6-4-5-8(12)10(9)15(2)3/h4-7H,13H2,1-3H3,(H,14,16)/t7-/m0/s1. The van der Waals surface area contributed by atoms with Crippen molar-refractivity contribution in [1.82, 2.24) is 0 Å². The van der Waals surface area contributed by atoms with Crippen molar-refractivity contribution >= 4 is 28.9 Å². The molecule has 5 heteroatoms. The lowest BCUT2D eigenvalue weighted by Gasteiger charge is -2.19. The predicted octanol–water partition coefficient (Wildman–Crippen LogP) is 1.69. The topological polar surface area (TPSA) is 58.4 Å². The second-order valence-electron chi connectivity index (χ2n) is 3.81. The Hall–Kier alpha value is -1.26. The molecule has 0 unspecified atom stereocenters. The number of hydrogen-bond acceptors (Lipinski definition) is 3. The first-order valence-electron chi connectivity index (χ1n) is 4.95. The lowest BCUT2D eigenvalue weighted by molar-refractivity contribution is -0.117. The molecule has 0 heterocycles. The predicted molar refractivity (Wildman–Crippen MR) is 68.1 cm³/mol. The molecule has 0 aromatic heterocycles. The zero-order valence-electron chi connectivity index (χ0n) is 9.62. The molecule has 0 radical (unpaired) electrons. The smallest absolute Gasteiger partial charge is 0.241 e. The fourth-order valence-corrected chi connectivity index (χ4v) is 1.66. The molecule has 0 aliphatic heterocycles. The first-order chi connectivity index (χ1) is 7.43.